The first-order chi connectivity index (χ1) is 9.17. The second-order valence-electron chi connectivity index (χ2n) is 3.70. The van der Waals surface area contributed by atoms with Crippen LogP contribution in [0.4, 0.5) is 14.9 Å². The van der Waals surface area contributed by atoms with Crippen LogP contribution < -0.4 is 14.8 Å². The first-order valence-corrected chi connectivity index (χ1v) is 5.56. The monoisotopic (exact) mass is 261 g/mol. The van der Waals surface area contributed by atoms with Crippen molar-refractivity contribution in [3.63, 3.8) is 0 Å². The molecule has 0 bridgehead atoms. The molecule has 0 spiro atoms. The van der Waals surface area contributed by atoms with E-state index in [0.29, 0.717) is 11.4 Å². The predicted octanol–water partition coefficient (Wildman–Crippen LogP) is 3.45. The van der Waals surface area contributed by atoms with Gasteiger partial charge in [0.15, 0.2) is 0 Å². The van der Waals surface area contributed by atoms with Crippen molar-refractivity contribution in [1.29, 1.82) is 0 Å². The van der Waals surface area contributed by atoms with Crippen molar-refractivity contribution < 1.29 is 18.7 Å². The number of nitrogens with one attached hydrogen (secondary N) is 1. The molecular formula is C14H12FNO3. The smallest absolute Gasteiger partial charge is 0.417 e. The molecule has 2 aromatic rings. The van der Waals surface area contributed by atoms with Crippen LogP contribution in [0, 0.1) is 5.82 Å². The first kappa shape index (κ1) is 12.9. The Morgan fingerprint density at radius 2 is 1.58 bits per heavy atom. The number of carbonyl (C=O) groups excluding carboxylic acids is 1. The molecule has 0 aliphatic carbocycles. The maximum Gasteiger partial charge on any atom is 0.417 e. The van der Waals surface area contributed by atoms with Crippen LogP contribution >= 0.6 is 0 Å². The highest BCUT2D eigenvalue weighted by Crippen LogP contribution is 2.16. The van der Waals surface area contributed by atoms with E-state index in [2.05, 4.69) is 5.32 Å². The third-order valence-electron chi connectivity index (χ3n) is 2.36. The van der Waals surface area contributed by atoms with Crippen molar-refractivity contribution in [2.75, 3.05) is 12.4 Å². The predicted molar refractivity (Wildman–Crippen MR) is 69.0 cm³/mol. The molecule has 2 rings (SSSR count). The molecule has 98 valence electrons. The van der Waals surface area contributed by atoms with Gasteiger partial charge in [-0.1, -0.05) is 0 Å². The van der Waals surface area contributed by atoms with Crippen LogP contribution in [0.5, 0.6) is 11.5 Å². The van der Waals surface area contributed by atoms with Gasteiger partial charge in [0, 0.05) is 5.69 Å². The Hall–Kier alpha value is -2.56. The zero-order valence-electron chi connectivity index (χ0n) is 10.2. The third-order valence-corrected chi connectivity index (χ3v) is 2.36. The van der Waals surface area contributed by atoms with Crippen LogP contribution in [-0.4, -0.2) is 13.2 Å². The van der Waals surface area contributed by atoms with Crippen LogP contribution in [0.15, 0.2) is 48.5 Å². The van der Waals surface area contributed by atoms with E-state index >= 15 is 0 Å². The zero-order valence-corrected chi connectivity index (χ0v) is 10.2. The maximum atomic E-state index is 12.7. The Bertz CT molecular complexity index is 552. The standard InChI is InChI=1S/C14H12FNO3/c1-18-12-8-4-11(5-9-12)16-14(17)19-13-6-2-10(15)3-7-13/h2-9H,1H3,(H,16,17). The molecule has 0 saturated carbocycles. The van der Waals surface area contributed by atoms with E-state index in [1.807, 2.05) is 0 Å². The highest BCUT2D eigenvalue weighted by molar-refractivity contribution is 5.86. The number of halogens is 1. The van der Waals surface area contributed by atoms with Crippen LogP contribution in [-0.2, 0) is 0 Å². The molecule has 0 radical (unpaired) electrons. The second kappa shape index (κ2) is 5.86. The number of benzene rings is 2. The van der Waals surface area contributed by atoms with Gasteiger partial charge in [-0.05, 0) is 48.5 Å². The quantitative estimate of drug-likeness (QED) is 0.920. The third kappa shape index (κ3) is 3.70. The summed E-state index contributed by atoms with van der Waals surface area (Å²) in [5.74, 6) is 0.577. The molecule has 4 nitrogen and oxygen atoms in total. The summed E-state index contributed by atoms with van der Waals surface area (Å²) in [4.78, 5) is 11.6. The Labute approximate surface area is 109 Å². The Kier molecular flexibility index (Phi) is 3.97. The number of amides is 1. The molecule has 5 heteroatoms. The highest BCUT2D eigenvalue weighted by Gasteiger charge is 2.05. The molecule has 2 aromatic carbocycles. The molecular weight excluding hydrogens is 249 g/mol. The number of anilines is 1. The lowest BCUT2D eigenvalue weighted by Gasteiger charge is -2.07. The summed E-state index contributed by atoms with van der Waals surface area (Å²) in [5, 5.41) is 2.55. The summed E-state index contributed by atoms with van der Waals surface area (Å²) < 4.78 is 22.7. The van der Waals surface area contributed by atoms with Crippen molar-refractivity contribution in [2.24, 2.45) is 0 Å². The summed E-state index contributed by atoms with van der Waals surface area (Å²) in [6.07, 6.45) is -0.642. The van der Waals surface area contributed by atoms with E-state index < -0.39 is 6.09 Å². The minimum Gasteiger partial charge on any atom is -0.497 e. The van der Waals surface area contributed by atoms with Gasteiger partial charge in [0.1, 0.15) is 17.3 Å². The van der Waals surface area contributed by atoms with Crippen molar-refractivity contribution >= 4 is 11.8 Å². The Morgan fingerprint density at radius 1 is 1.00 bits per heavy atom. The molecule has 1 N–H and O–H groups in total. The molecule has 0 aliphatic rings. The van der Waals surface area contributed by atoms with E-state index in [0.717, 1.165) is 0 Å². The van der Waals surface area contributed by atoms with Crippen LogP contribution in [0.2, 0.25) is 0 Å². The number of rotatable bonds is 3. The average molecular weight is 261 g/mol. The van der Waals surface area contributed by atoms with Crippen LogP contribution in [0.25, 0.3) is 0 Å². The van der Waals surface area contributed by atoms with Gasteiger partial charge in [-0.2, -0.15) is 0 Å². The lowest BCUT2D eigenvalue weighted by molar-refractivity contribution is 0.215. The summed E-state index contributed by atoms with van der Waals surface area (Å²) in [7, 11) is 1.56. The number of ether oxygens (including phenoxy) is 2. The molecule has 0 heterocycles. The minimum absolute atomic E-state index is 0.271. The summed E-state index contributed by atoms with van der Waals surface area (Å²) in [6, 6.07) is 12.0. The van der Waals surface area contributed by atoms with Crippen molar-refractivity contribution in [2.45, 2.75) is 0 Å². The van der Waals surface area contributed by atoms with Gasteiger partial charge in [-0.25, -0.2) is 9.18 Å². The van der Waals surface area contributed by atoms with Gasteiger partial charge in [0.25, 0.3) is 0 Å². The molecule has 0 aliphatic heterocycles. The maximum absolute atomic E-state index is 12.7. The summed E-state index contributed by atoms with van der Waals surface area (Å²) in [6.45, 7) is 0. The first-order valence-electron chi connectivity index (χ1n) is 5.56. The average Bonchev–Trinajstić information content (AvgIpc) is 2.42. The zero-order chi connectivity index (χ0) is 13.7. The van der Waals surface area contributed by atoms with E-state index in [-0.39, 0.29) is 11.6 Å². The lowest BCUT2D eigenvalue weighted by Crippen LogP contribution is -2.16. The summed E-state index contributed by atoms with van der Waals surface area (Å²) in [5.41, 5.74) is 0.577. The van der Waals surface area contributed by atoms with Gasteiger partial charge in [-0.3, -0.25) is 5.32 Å². The van der Waals surface area contributed by atoms with E-state index in [9.17, 15) is 9.18 Å². The molecule has 0 atom stereocenters. The van der Waals surface area contributed by atoms with E-state index in [1.54, 1.807) is 31.4 Å². The van der Waals surface area contributed by atoms with Gasteiger partial charge in [0.2, 0.25) is 0 Å². The van der Waals surface area contributed by atoms with Crippen molar-refractivity contribution in [3.05, 3.63) is 54.3 Å². The fourth-order valence-electron chi connectivity index (χ4n) is 1.43. The Morgan fingerprint density at radius 3 is 2.16 bits per heavy atom. The van der Waals surface area contributed by atoms with E-state index in [1.165, 1.54) is 24.3 Å². The number of hydrogen-bond acceptors (Lipinski definition) is 3. The number of carbonyl (C=O) groups is 1. The van der Waals surface area contributed by atoms with Gasteiger partial charge >= 0.3 is 6.09 Å². The largest absolute Gasteiger partial charge is 0.497 e. The molecule has 0 fully saturated rings. The lowest BCUT2D eigenvalue weighted by atomic mass is 10.3. The van der Waals surface area contributed by atoms with Gasteiger partial charge < -0.3 is 9.47 Å². The molecule has 0 unspecified atom stereocenters. The normalized spacial score (nSPS) is 9.79. The number of methoxy groups -OCH3 is 1. The van der Waals surface area contributed by atoms with Crippen molar-refractivity contribution in [3.8, 4) is 11.5 Å². The van der Waals surface area contributed by atoms with E-state index in [4.69, 9.17) is 9.47 Å². The second-order valence-corrected chi connectivity index (χ2v) is 3.70. The minimum atomic E-state index is -0.642. The van der Waals surface area contributed by atoms with Gasteiger partial charge in [0.05, 0.1) is 7.11 Å². The molecule has 1 amide bonds. The molecule has 0 saturated heterocycles. The highest BCUT2D eigenvalue weighted by atomic mass is 19.1. The Balaban J connectivity index is 1.95. The molecule has 0 aromatic heterocycles. The van der Waals surface area contributed by atoms with Gasteiger partial charge in [-0.15, -0.1) is 0 Å². The fraction of sp³-hybridized carbons (Fsp3) is 0.0714. The fourth-order valence-corrected chi connectivity index (χ4v) is 1.43. The van der Waals surface area contributed by atoms with Crippen LogP contribution in [0.3, 0.4) is 0 Å². The number of hydrogen-bond donors (Lipinski definition) is 1. The van der Waals surface area contributed by atoms with Crippen LogP contribution in [0.1, 0.15) is 0 Å². The molecule has 19 heavy (non-hydrogen) atoms. The van der Waals surface area contributed by atoms with Crippen molar-refractivity contribution in [1.82, 2.24) is 0 Å². The topological polar surface area (TPSA) is 47.6 Å². The summed E-state index contributed by atoms with van der Waals surface area (Å²) >= 11 is 0. The SMILES string of the molecule is COc1ccc(NC(=O)Oc2ccc(F)cc2)cc1.